The molecule has 2 unspecified atom stereocenters. The van der Waals surface area contributed by atoms with Gasteiger partial charge in [-0.25, -0.2) is 0 Å². The molecule has 0 aliphatic carbocycles. The molecule has 1 fully saturated rings. The fourth-order valence-electron chi connectivity index (χ4n) is 4.24. The third kappa shape index (κ3) is 4.61. The molecule has 0 radical (unpaired) electrons. The fourth-order valence-corrected chi connectivity index (χ4v) is 5.40. The summed E-state index contributed by atoms with van der Waals surface area (Å²) < 4.78 is 5.55. The number of ether oxygens (including phenoxy) is 1. The number of hydrogen-bond acceptors (Lipinski definition) is 4. The van der Waals surface area contributed by atoms with E-state index in [1.165, 1.54) is 37.7 Å². The van der Waals surface area contributed by atoms with Crippen molar-refractivity contribution in [3.05, 3.63) is 50.9 Å². The molecule has 1 aromatic heterocycles. The monoisotopic (exact) mass is 400 g/mol. The van der Waals surface area contributed by atoms with Crippen LogP contribution in [0.2, 0.25) is 0 Å². The van der Waals surface area contributed by atoms with Crippen molar-refractivity contribution in [3.63, 3.8) is 0 Å². The van der Waals surface area contributed by atoms with E-state index in [4.69, 9.17) is 4.74 Å². The van der Waals surface area contributed by atoms with Crippen LogP contribution in [0.15, 0.2) is 35.6 Å². The predicted octanol–water partition coefficient (Wildman–Crippen LogP) is 5.18. The highest BCUT2D eigenvalue weighted by molar-refractivity contribution is 7.13. The van der Waals surface area contributed by atoms with Crippen molar-refractivity contribution in [3.8, 4) is 0 Å². The van der Waals surface area contributed by atoms with E-state index in [1.807, 2.05) is 11.3 Å². The SMILES string of the molecule is C=C(c1cc(C)c(CC)s1)C1C/C=C(C)\C(C)=C(\C(C)N2CCOCC2)NC1. The maximum atomic E-state index is 5.55. The fraction of sp³-hybridized carbons (Fsp3) is 0.583. The molecule has 1 saturated heterocycles. The summed E-state index contributed by atoms with van der Waals surface area (Å²) in [4.78, 5) is 5.37. The smallest absolute Gasteiger partial charge is 0.0594 e. The number of thiophene rings is 1. The van der Waals surface area contributed by atoms with Crippen LogP contribution in [0.3, 0.4) is 0 Å². The van der Waals surface area contributed by atoms with Crippen LogP contribution in [0.1, 0.15) is 49.4 Å². The number of rotatable bonds is 5. The van der Waals surface area contributed by atoms with Gasteiger partial charge in [-0.15, -0.1) is 11.3 Å². The van der Waals surface area contributed by atoms with E-state index in [-0.39, 0.29) is 0 Å². The molecule has 28 heavy (non-hydrogen) atoms. The maximum Gasteiger partial charge on any atom is 0.0594 e. The number of nitrogens with one attached hydrogen (secondary N) is 1. The van der Waals surface area contributed by atoms with Gasteiger partial charge in [0.2, 0.25) is 0 Å². The Kier molecular flexibility index (Phi) is 7.19. The zero-order valence-electron chi connectivity index (χ0n) is 18.2. The summed E-state index contributed by atoms with van der Waals surface area (Å²) in [5.41, 5.74) is 6.83. The lowest BCUT2D eigenvalue weighted by Crippen LogP contribution is -2.46. The minimum absolute atomic E-state index is 0.384. The Hall–Kier alpha value is -1.36. The van der Waals surface area contributed by atoms with E-state index >= 15 is 0 Å². The molecule has 0 spiro atoms. The standard InChI is InChI=1S/C24H36N2OS/c1-7-22-17(3)14-23(28-22)19(5)21-9-8-16(2)18(4)24(25-15-21)20(6)26-10-12-27-13-11-26/h8,14,20-21,25H,5,7,9-13,15H2,1-4,6H3/b16-8-,24-18-. The number of aryl methyl sites for hydroxylation is 2. The van der Waals surface area contributed by atoms with Gasteiger partial charge >= 0.3 is 0 Å². The van der Waals surface area contributed by atoms with Gasteiger partial charge in [0.15, 0.2) is 0 Å². The van der Waals surface area contributed by atoms with Crippen LogP contribution in [0.5, 0.6) is 0 Å². The van der Waals surface area contributed by atoms with Crippen molar-refractivity contribution < 1.29 is 4.74 Å². The van der Waals surface area contributed by atoms with E-state index in [2.05, 4.69) is 63.6 Å². The Morgan fingerprint density at radius 1 is 1.32 bits per heavy atom. The Bertz CT molecular complexity index is 768. The van der Waals surface area contributed by atoms with Crippen molar-refractivity contribution in [2.75, 3.05) is 32.8 Å². The van der Waals surface area contributed by atoms with Gasteiger partial charge in [0.1, 0.15) is 0 Å². The number of hydrogen-bond donors (Lipinski definition) is 1. The summed E-state index contributed by atoms with van der Waals surface area (Å²) in [5, 5.41) is 3.84. The zero-order chi connectivity index (χ0) is 20.3. The first-order chi connectivity index (χ1) is 13.4. The number of morpholine rings is 1. The summed E-state index contributed by atoms with van der Waals surface area (Å²) >= 11 is 1.92. The largest absolute Gasteiger partial charge is 0.386 e. The summed E-state index contributed by atoms with van der Waals surface area (Å²) in [5.74, 6) is 0.428. The average Bonchev–Trinajstić information content (AvgIpc) is 3.09. The van der Waals surface area contributed by atoms with Crippen LogP contribution < -0.4 is 5.32 Å². The van der Waals surface area contributed by atoms with Crippen LogP contribution in [0.25, 0.3) is 5.57 Å². The lowest BCUT2D eigenvalue weighted by Gasteiger charge is -2.36. The van der Waals surface area contributed by atoms with Crippen molar-refractivity contribution in [2.45, 2.75) is 53.5 Å². The molecule has 3 rings (SSSR count). The first kappa shape index (κ1) is 21.4. The Morgan fingerprint density at radius 3 is 2.68 bits per heavy atom. The molecule has 2 aliphatic heterocycles. The summed E-state index contributed by atoms with van der Waals surface area (Å²) in [7, 11) is 0. The molecule has 2 atom stereocenters. The molecular formula is C24H36N2OS. The van der Waals surface area contributed by atoms with Crippen LogP contribution >= 0.6 is 11.3 Å². The molecule has 154 valence electrons. The summed E-state index contributed by atoms with van der Waals surface area (Å²) in [6.07, 6.45) is 4.57. The van der Waals surface area contributed by atoms with E-state index in [1.54, 1.807) is 0 Å². The topological polar surface area (TPSA) is 24.5 Å². The lowest BCUT2D eigenvalue weighted by atomic mass is 9.90. The Morgan fingerprint density at radius 2 is 2.04 bits per heavy atom. The highest BCUT2D eigenvalue weighted by Crippen LogP contribution is 2.34. The molecule has 3 nitrogen and oxygen atoms in total. The Balaban J connectivity index is 1.78. The maximum absolute atomic E-state index is 5.55. The van der Waals surface area contributed by atoms with E-state index in [0.717, 1.165) is 45.7 Å². The predicted molar refractivity (Wildman–Crippen MR) is 122 cm³/mol. The second kappa shape index (κ2) is 9.43. The van der Waals surface area contributed by atoms with Gasteiger partial charge in [-0.2, -0.15) is 0 Å². The first-order valence-electron chi connectivity index (χ1n) is 10.6. The van der Waals surface area contributed by atoms with Crippen molar-refractivity contribution >= 4 is 16.9 Å². The van der Waals surface area contributed by atoms with E-state index < -0.39 is 0 Å². The van der Waals surface area contributed by atoms with Crippen LogP contribution in [0, 0.1) is 12.8 Å². The molecular weight excluding hydrogens is 364 g/mol. The molecule has 0 bridgehead atoms. The van der Waals surface area contributed by atoms with Gasteiger partial charge in [0, 0.05) is 47.0 Å². The highest BCUT2D eigenvalue weighted by Gasteiger charge is 2.25. The second-order valence-corrected chi connectivity index (χ2v) is 9.30. The normalized spacial score (nSPS) is 27.3. The molecule has 1 N–H and O–H groups in total. The molecule has 3 heterocycles. The minimum Gasteiger partial charge on any atom is -0.386 e. The van der Waals surface area contributed by atoms with Gasteiger partial charge in [-0.3, -0.25) is 4.90 Å². The average molecular weight is 401 g/mol. The number of allylic oxidation sites excluding steroid dienone is 3. The minimum atomic E-state index is 0.384. The first-order valence-corrected chi connectivity index (χ1v) is 11.5. The van der Waals surface area contributed by atoms with Gasteiger partial charge in [-0.1, -0.05) is 25.2 Å². The van der Waals surface area contributed by atoms with Crippen molar-refractivity contribution in [1.82, 2.24) is 10.2 Å². The van der Waals surface area contributed by atoms with Crippen LogP contribution in [-0.2, 0) is 11.2 Å². The molecule has 0 amide bonds. The molecule has 0 aromatic carbocycles. The third-order valence-electron chi connectivity index (χ3n) is 6.41. The van der Waals surface area contributed by atoms with Crippen LogP contribution in [-0.4, -0.2) is 43.8 Å². The Labute approximate surface area is 175 Å². The lowest BCUT2D eigenvalue weighted by molar-refractivity contribution is 0.0255. The van der Waals surface area contributed by atoms with Gasteiger partial charge in [-0.05, 0) is 63.3 Å². The van der Waals surface area contributed by atoms with Crippen molar-refractivity contribution in [1.29, 1.82) is 0 Å². The zero-order valence-corrected chi connectivity index (χ0v) is 19.0. The van der Waals surface area contributed by atoms with Gasteiger partial charge in [0.25, 0.3) is 0 Å². The molecule has 0 saturated carbocycles. The quantitative estimate of drug-likeness (QED) is 0.737. The summed E-state index contributed by atoms with van der Waals surface area (Å²) in [6, 6.07) is 2.72. The molecule has 4 heteroatoms. The molecule has 2 aliphatic rings. The van der Waals surface area contributed by atoms with Crippen molar-refractivity contribution in [2.24, 2.45) is 5.92 Å². The number of nitrogens with zero attached hydrogens (tertiary/aromatic N) is 1. The third-order valence-corrected chi connectivity index (χ3v) is 7.86. The van der Waals surface area contributed by atoms with Crippen LogP contribution in [0.4, 0.5) is 0 Å². The van der Waals surface area contributed by atoms with Gasteiger partial charge < -0.3 is 10.1 Å². The molecule has 1 aromatic rings. The highest BCUT2D eigenvalue weighted by atomic mass is 32.1. The summed E-state index contributed by atoms with van der Waals surface area (Å²) in [6.45, 7) is 20.4. The van der Waals surface area contributed by atoms with E-state index in [0.29, 0.717) is 12.0 Å². The van der Waals surface area contributed by atoms with E-state index in [9.17, 15) is 0 Å². The second-order valence-electron chi connectivity index (χ2n) is 8.16. The van der Waals surface area contributed by atoms with Gasteiger partial charge in [0.05, 0.1) is 13.2 Å².